The number of nitrogens with zero attached hydrogens (tertiary/aromatic N) is 1. The molecule has 0 aliphatic carbocycles. The van der Waals surface area contributed by atoms with Crippen LogP contribution in [0.3, 0.4) is 0 Å². The smallest absolute Gasteiger partial charge is 0.253 e. The summed E-state index contributed by atoms with van der Waals surface area (Å²) in [6.07, 6.45) is 0. The van der Waals surface area contributed by atoms with Gasteiger partial charge in [-0.05, 0) is 45.4 Å². The fourth-order valence-electron chi connectivity index (χ4n) is 1.69. The summed E-state index contributed by atoms with van der Waals surface area (Å²) in [7, 11) is 3.40. The first-order valence-electron chi connectivity index (χ1n) is 6.97. The Kier molecular flexibility index (Phi) is 5.49. The van der Waals surface area contributed by atoms with E-state index in [-0.39, 0.29) is 23.9 Å². The molecule has 0 heterocycles. The van der Waals surface area contributed by atoms with Crippen LogP contribution in [-0.2, 0) is 4.79 Å². The molecule has 0 spiro atoms. The van der Waals surface area contributed by atoms with Crippen molar-refractivity contribution in [2.75, 3.05) is 26.0 Å². The molecular weight excluding hydrogens is 266 g/mol. The van der Waals surface area contributed by atoms with Crippen molar-refractivity contribution < 1.29 is 9.59 Å². The first kappa shape index (κ1) is 17.2. The van der Waals surface area contributed by atoms with Gasteiger partial charge in [0.05, 0.1) is 6.54 Å². The Morgan fingerprint density at radius 1 is 1.19 bits per heavy atom. The van der Waals surface area contributed by atoms with Gasteiger partial charge in [0.2, 0.25) is 5.91 Å². The number of carbonyl (C=O) groups is 2. The quantitative estimate of drug-likeness (QED) is 0.892. The second kappa shape index (κ2) is 6.72. The molecule has 0 saturated carbocycles. The van der Waals surface area contributed by atoms with Gasteiger partial charge < -0.3 is 15.5 Å². The highest BCUT2D eigenvalue weighted by Crippen LogP contribution is 2.17. The minimum atomic E-state index is -0.123. The SMILES string of the molecule is Cc1ccc(C(=O)N(C)C)cc1NC(=O)CNC(C)(C)C. The zero-order valence-electron chi connectivity index (χ0n) is 13.7. The number of benzene rings is 1. The zero-order valence-corrected chi connectivity index (χ0v) is 13.7. The van der Waals surface area contributed by atoms with Gasteiger partial charge in [-0.1, -0.05) is 6.07 Å². The van der Waals surface area contributed by atoms with Gasteiger partial charge in [0.1, 0.15) is 0 Å². The largest absolute Gasteiger partial charge is 0.345 e. The Hall–Kier alpha value is -1.88. The average molecular weight is 291 g/mol. The van der Waals surface area contributed by atoms with Crippen molar-refractivity contribution in [3.8, 4) is 0 Å². The summed E-state index contributed by atoms with van der Waals surface area (Å²) < 4.78 is 0. The molecule has 0 bridgehead atoms. The molecule has 5 nitrogen and oxygen atoms in total. The molecule has 0 unspecified atom stereocenters. The first-order valence-corrected chi connectivity index (χ1v) is 6.97. The highest BCUT2D eigenvalue weighted by molar-refractivity contribution is 5.98. The lowest BCUT2D eigenvalue weighted by molar-refractivity contribution is -0.115. The third-order valence-electron chi connectivity index (χ3n) is 2.94. The molecule has 0 fully saturated rings. The van der Waals surface area contributed by atoms with Crippen molar-refractivity contribution in [3.05, 3.63) is 29.3 Å². The number of anilines is 1. The van der Waals surface area contributed by atoms with Crippen molar-refractivity contribution in [3.63, 3.8) is 0 Å². The van der Waals surface area contributed by atoms with E-state index in [2.05, 4.69) is 10.6 Å². The van der Waals surface area contributed by atoms with Crippen molar-refractivity contribution in [1.29, 1.82) is 0 Å². The van der Waals surface area contributed by atoms with E-state index in [1.807, 2.05) is 33.8 Å². The highest BCUT2D eigenvalue weighted by atomic mass is 16.2. The molecule has 21 heavy (non-hydrogen) atoms. The Bertz CT molecular complexity index is 531. The van der Waals surface area contributed by atoms with Gasteiger partial charge in [0.25, 0.3) is 5.91 Å². The molecule has 1 rings (SSSR count). The number of amides is 2. The molecule has 0 aliphatic heterocycles. The summed E-state index contributed by atoms with van der Waals surface area (Å²) in [4.78, 5) is 25.4. The molecule has 0 aromatic heterocycles. The number of carbonyl (C=O) groups excluding carboxylic acids is 2. The number of nitrogens with one attached hydrogen (secondary N) is 2. The minimum absolute atomic E-state index is 0.0849. The van der Waals surface area contributed by atoms with E-state index in [4.69, 9.17) is 0 Å². The maximum atomic E-state index is 12.0. The molecule has 0 aliphatic rings. The van der Waals surface area contributed by atoms with E-state index < -0.39 is 0 Å². The summed E-state index contributed by atoms with van der Waals surface area (Å²) in [6, 6.07) is 5.32. The summed E-state index contributed by atoms with van der Waals surface area (Å²) >= 11 is 0. The predicted molar refractivity (Wildman–Crippen MR) is 85.6 cm³/mol. The summed E-state index contributed by atoms with van der Waals surface area (Å²) in [5.74, 6) is -0.208. The van der Waals surface area contributed by atoms with E-state index in [1.165, 1.54) is 4.90 Å². The predicted octanol–water partition coefficient (Wildman–Crippen LogP) is 2.02. The van der Waals surface area contributed by atoms with E-state index in [9.17, 15) is 9.59 Å². The fourth-order valence-corrected chi connectivity index (χ4v) is 1.69. The van der Waals surface area contributed by atoms with Gasteiger partial charge in [-0.25, -0.2) is 0 Å². The maximum Gasteiger partial charge on any atom is 0.253 e. The Morgan fingerprint density at radius 3 is 2.33 bits per heavy atom. The van der Waals surface area contributed by atoms with Crippen molar-refractivity contribution in [2.24, 2.45) is 0 Å². The zero-order chi connectivity index (χ0) is 16.2. The van der Waals surface area contributed by atoms with Crippen LogP contribution in [0, 0.1) is 6.92 Å². The molecule has 0 atom stereocenters. The Morgan fingerprint density at radius 2 is 1.81 bits per heavy atom. The van der Waals surface area contributed by atoms with Gasteiger partial charge in [-0.2, -0.15) is 0 Å². The number of aryl methyl sites for hydroxylation is 1. The molecule has 5 heteroatoms. The second-order valence-corrected chi connectivity index (χ2v) is 6.38. The Balaban J connectivity index is 2.81. The number of rotatable bonds is 4. The van der Waals surface area contributed by atoms with Crippen LogP contribution in [-0.4, -0.2) is 42.9 Å². The second-order valence-electron chi connectivity index (χ2n) is 6.38. The van der Waals surface area contributed by atoms with Crippen LogP contribution in [0.1, 0.15) is 36.7 Å². The van der Waals surface area contributed by atoms with Crippen LogP contribution in [0.5, 0.6) is 0 Å². The van der Waals surface area contributed by atoms with Crippen LogP contribution in [0.2, 0.25) is 0 Å². The summed E-state index contributed by atoms with van der Waals surface area (Å²) in [5.41, 5.74) is 2.04. The fraction of sp³-hybridized carbons (Fsp3) is 0.500. The molecule has 2 amide bonds. The lowest BCUT2D eigenvalue weighted by Gasteiger charge is -2.20. The van der Waals surface area contributed by atoms with Gasteiger partial charge in [-0.15, -0.1) is 0 Å². The first-order chi connectivity index (χ1) is 9.60. The molecular formula is C16H25N3O2. The molecule has 1 aromatic carbocycles. The minimum Gasteiger partial charge on any atom is -0.345 e. The summed E-state index contributed by atoms with van der Waals surface area (Å²) in [5, 5.41) is 5.97. The maximum absolute atomic E-state index is 12.0. The van der Waals surface area contributed by atoms with Crippen LogP contribution in [0.15, 0.2) is 18.2 Å². The molecule has 0 radical (unpaired) electrons. The normalized spacial score (nSPS) is 11.1. The number of hydrogen-bond donors (Lipinski definition) is 2. The van der Waals surface area contributed by atoms with Crippen LogP contribution in [0.4, 0.5) is 5.69 Å². The monoisotopic (exact) mass is 291 g/mol. The van der Waals surface area contributed by atoms with E-state index in [1.54, 1.807) is 26.2 Å². The van der Waals surface area contributed by atoms with Gasteiger partial charge >= 0.3 is 0 Å². The molecule has 0 saturated heterocycles. The van der Waals surface area contributed by atoms with Crippen LogP contribution < -0.4 is 10.6 Å². The van der Waals surface area contributed by atoms with Gasteiger partial charge in [0.15, 0.2) is 0 Å². The van der Waals surface area contributed by atoms with Crippen molar-refractivity contribution in [1.82, 2.24) is 10.2 Å². The van der Waals surface area contributed by atoms with Crippen LogP contribution in [0.25, 0.3) is 0 Å². The van der Waals surface area contributed by atoms with Gasteiger partial charge in [0, 0.05) is 30.9 Å². The molecule has 2 N–H and O–H groups in total. The van der Waals surface area contributed by atoms with E-state index >= 15 is 0 Å². The average Bonchev–Trinajstić information content (AvgIpc) is 2.37. The molecule has 1 aromatic rings. The lowest BCUT2D eigenvalue weighted by atomic mass is 10.1. The van der Waals surface area contributed by atoms with Gasteiger partial charge in [-0.3, -0.25) is 9.59 Å². The van der Waals surface area contributed by atoms with E-state index in [0.29, 0.717) is 11.3 Å². The lowest BCUT2D eigenvalue weighted by Crippen LogP contribution is -2.41. The molecule has 116 valence electrons. The van der Waals surface area contributed by atoms with Crippen LogP contribution >= 0.6 is 0 Å². The van der Waals surface area contributed by atoms with E-state index in [0.717, 1.165) is 5.56 Å². The third-order valence-corrected chi connectivity index (χ3v) is 2.94. The van der Waals surface area contributed by atoms with Crippen molar-refractivity contribution >= 4 is 17.5 Å². The standard InChI is InChI=1S/C16H25N3O2/c1-11-7-8-12(15(21)19(5)6)9-13(11)18-14(20)10-17-16(2,3)4/h7-9,17H,10H2,1-6H3,(H,18,20). The summed E-state index contributed by atoms with van der Waals surface area (Å²) in [6.45, 7) is 8.14. The topological polar surface area (TPSA) is 61.4 Å². The van der Waals surface area contributed by atoms with Crippen molar-refractivity contribution in [2.45, 2.75) is 33.2 Å². The third kappa shape index (κ3) is 5.55. The number of hydrogen-bond acceptors (Lipinski definition) is 3. The Labute approximate surface area is 126 Å². The highest BCUT2D eigenvalue weighted by Gasteiger charge is 2.14.